The van der Waals surface area contributed by atoms with Gasteiger partial charge >= 0.3 is 33.0 Å². The molecule has 0 atom stereocenters. The molecule has 2 saturated heterocycles. The Kier molecular flexibility index (Phi) is 7.91. The number of anilines is 1. The van der Waals surface area contributed by atoms with Crippen molar-refractivity contribution < 1.29 is 29.8 Å². The summed E-state index contributed by atoms with van der Waals surface area (Å²) in [7, 11) is -10.7. The van der Waals surface area contributed by atoms with Crippen LogP contribution in [0, 0.1) is 13.8 Å². The van der Waals surface area contributed by atoms with Crippen molar-refractivity contribution in [2.45, 2.75) is 66.2 Å². The molecule has 36 heavy (non-hydrogen) atoms. The Hall–Kier alpha value is -2.08. The summed E-state index contributed by atoms with van der Waals surface area (Å²) in [4.78, 5) is 2.57. The van der Waals surface area contributed by atoms with Crippen molar-refractivity contribution in [3.05, 3.63) is 57.7 Å². The third kappa shape index (κ3) is 9.10. The summed E-state index contributed by atoms with van der Waals surface area (Å²) < 4.78 is 61.8. The van der Waals surface area contributed by atoms with Crippen LogP contribution >= 0.6 is 7.81 Å². The molecule has 1 aromatic rings. The molecule has 2 fully saturated rings. The van der Waals surface area contributed by atoms with Gasteiger partial charge in [-0.05, 0) is 105 Å². The van der Waals surface area contributed by atoms with E-state index >= 15 is 0 Å². The molecule has 0 N–H and O–H groups in total. The van der Waals surface area contributed by atoms with E-state index < -0.39 is 7.81 Å². The van der Waals surface area contributed by atoms with E-state index in [9.17, 15) is 25.2 Å². The minimum absolute atomic E-state index is 1.21. The monoisotopic (exact) mass is 534 g/mol. The second-order valence-corrected chi connectivity index (χ2v) is 12.1. The standard InChI is InChI=1S/C27H37N2.F6P/c1-20-15-24(28-11-7-5-8-12-28)16-21(2)26(20)19-27-22(3)17-25(18-23(27)4)29-13-9-6-10-14-29;1-7(2,3,4,5)6/h15-19H,5-14H2,1-4H3;/q+1;-1. The number of nitrogens with zero attached hydrogens (tertiary/aromatic N) is 2. The van der Waals surface area contributed by atoms with Gasteiger partial charge in [-0.2, -0.15) is 0 Å². The third-order valence-electron chi connectivity index (χ3n) is 6.89. The van der Waals surface area contributed by atoms with Gasteiger partial charge in [-0.1, -0.05) is 0 Å². The summed E-state index contributed by atoms with van der Waals surface area (Å²) in [6.07, 6.45) is 15.3. The Bertz CT molecular complexity index is 1060. The normalized spacial score (nSPS) is 21.1. The molecule has 4 rings (SSSR count). The van der Waals surface area contributed by atoms with Crippen molar-refractivity contribution >= 4 is 25.3 Å². The van der Waals surface area contributed by atoms with Crippen LogP contribution in [-0.2, 0) is 0 Å². The van der Waals surface area contributed by atoms with Gasteiger partial charge in [0.15, 0.2) is 5.71 Å². The number of hydrogen-bond donors (Lipinski definition) is 0. The number of piperidine rings is 2. The molecule has 3 aliphatic rings. The predicted molar refractivity (Wildman–Crippen MR) is 140 cm³/mol. The van der Waals surface area contributed by atoms with Crippen LogP contribution < -0.4 is 4.90 Å². The van der Waals surface area contributed by atoms with Crippen molar-refractivity contribution in [1.82, 2.24) is 0 Å². The molecule has 0 aromatic heterocycles. The summed E-state index contributed by atoms with van der Waals surface area (Å²) in [5, 5.41) is 0. The Labute approximate surface area is 210 Å². The molecule has 0 spiro atoms. The summed E-state index contributed by atoms with van der Waals surface area (Å²) in [5.41, 5.74) is 11.2. The first-order chi connectivity index (χ1) is 16.5. The van der Waals surface area contributed by atoms with Crippen molar-refractivity contribution in [3.63, 3.8) is 0 Å². The summed E-state index contributed by atoms with van der Waals surface area (Å²) in [6.45, 7) is 13.9. The Morgan fingerprint density at radius 3 is 1.64 bits per heavy atom. The molecule has 0 unspecified atom stereocenters. The topological polar surface area (TPSA) is 6.25 Å². The molecule has 0 saturated carbocycles. The van der Waals surface area contributed by atoms with Gasteiger partial charge in [0.05, 0.1) is 0 Å². The van der Waals surface area contributed by atoms with Gasteiger partial charge in [0.1, 0.15) is 13.1 Å². The van der Waals surface area contributed by atoms with Gasteiger partial charge in [0.2, 0.25) is 0 Å². The van der Waals surface area contributed by atoms with Gasteiger partial charge in [0, 0.05) is 43.8 Å². The van der Waals surface area contributed by atoms with Crippen molar-refractivity contribution in [2.75, 3.05) is 31.1 Å². The third-order valence-corrected chi connectivity index (χ3v) is 6.89. The van der Waals surface area contributed by atoms with Crippen LogP contribution in [0.5, 0.6) is 0 Å². The van der Waals surface area contributed by atoms with Crippen LogP contribution in [0.1, 0.15) is 69.1 Å². The first-order valence-electron chi connectivity index (χ1n) is 12.6. The summed E-state index contributed by atoms with van der Waals surface area (Å²) in [5.74, 6) is 0. The number of benzene rings is 1. The molecule has 2 nitrogen and oxygen atoms in total. The average molecular weight is 535 g/mol. The predicted octanol–water partition coefficient (Wildman–Crippen LogP) is 9.60. The van der Waals surface area contributed by atoms with Gasteiger partial charge in [0.25, 0.3) is 0 Å². The van der Waals surface area contributed by atoms with Gasteiger partial charge in [-0.25, -0.2) is 4.58 Å². The first kappa shape index (κ1) is 28.5. The molecule has 1 aliphatic carbocycles. The van der Waals surface area contributed by atoms with Crippen LogP contribution in [0.15, 0.2) is 41.0 Å². The van der Waals surface area contributed by atoms with Crippen molar-refractivity contribution in [3.8, 4) is 0 Å². The average Bonchev–Trinajstić information content (AvgIpc) is 2.76. The molecule has 202 valence electrons. The Morgan fingerprint density at radius 2 is 1.17 bits per heavy atom. The van der Waals surface area contributed by atoms with Crippen molar-refractivity contribution in [2.24, 2.45) is 0 Å². The van der Waals surface area contributed by atoms with Gasteiger partial charge < -0.3 is 4.90 Å². The van der Waals surface area contributed by atoms with Crippen molar-refractivity contribution in [1.29, 1.82) is 0 Å². The molecule has 2 heterocycles. The van der Waals surface area contributed by atoms with E-state index in [2.05, 4.69) is 67.5 Å². The molecule has 9 heteroatoms. The van der Waals surface area contributed by atoms with E-state index in [1.54, 1.807) is 0 Å². The molecule has 0 radical (unpaired) electrons. The van der Waals surface area contributed by atoms with E-state index in [1.807, 2.05) is 0 Å². The van der Waals surface area contributed by atoms with E-state index in [1.165, 1.54) is 110 Å². The maximum atomic E-state index is 9.87. The second kappa shape index (κ2) is 10.00. The van der Waals surface area contributed by atoms with Gasteiger partial charge in [-0.15, -0.1) is 0 Å². The number of rotatable bonds is 2. The zero-order valence-electron chi connectivity index (χ0n) is 21.6. The van der Waals surface area contributed by atoms with E-state index in [-0.39, 0.29) is 0 Å². The fourth-order valence-electron chi connectivity index (χ4n) is 5.17. The van der Waals surface area contributed by atoms with E-state index in [4.69, 9.17) is 0 Å². The zero-order valence-corrected chi connectivity index (χ0v) is 22.5. The van der Waals surface area contributed by atoms with Crippen LogP contribution in [-0.4, -0.2) is 36.5 Å². The van der Waals surface area contributed by atoms with Crippen LogP contribution in [0.25, 0.3) is 6.08 Å². The van der Waals surface area contributed by atoms with Crippen LogP contribution in [0.4, 0.5) is 30.9 Å². The molecule has 0 bridgehead atoms. The molecular formula is C27H37F6N2P. The second-order valence-electron chi connectivity index (χ2n) is 10.2. The van der Waals surface area contributed by atoms with Crippen LogP contribution in [0.3, 0.4) is 0 Å². The first-order valence-corrected chi connectivity index (χ1v) is 14.6. The van der Waals surface area contributed by atoms with Crippen LogP contribution in [0.2, 0.25) is 0 Å². The van der Waals surface area contributed by atoms with E-state index in [0.29, 0.717) is 0 Å². The SMILES string of the molecule is CC1=CC(=[N+]2CCCCC2)C=C(C)C1=Cc1c(C)cc(N2CCCCC2)cc1C.F[P-](F)(F)(F)(F)F. The molecular weight excluding hydrogens is 497 g/mol. The minimum atomic E-state index is -10.7. The quantitative estimate of drug-likeness (QED) is 0.208. The molecule has 1 aromatic carbocycles. The maximum absolute atomic E-state index is 10.7. The Morgan fingerprint density at radius 1 is 0.722 bits per heavy atom. The van der Waals surface area contributed by atoms with E-state index in [0.717, 1.165) is 0 Å². The molecule has 2 aliphatic heterocycles. The fourth-order valence-corrected chi connectivity index (χ4v) is 5.17. The number of allylic oxidation sites excluding steroid dienone is 5. The fraction of sp³-hybridized carbons (Fsp3) is 0.519. The Balaban J connectivity index is 0.000000454. The number of aryl methyl sites for hydroxylation is 2. The zero-order chi connectivity index (χ0) is 26.8. The van der Waals surface area contributed by atoms with Gasteiger partial charge in [-0.3, -0.25) is 0 Å². The summed E-state index contributed by atoms with van der Waals surface area (Å²) >= 11 is 0. The molecule has 0 amide bonds. The number of halogens is 6. The number of hydrogen-bond acceptors (Lipinski definition) is 1. The summed E-state index contributed by atoms with van der Waals surface area (Å²) in [6, 6.07) is 4.80.